The Morgan fingerprint density at radius 1 is 1.04 bits per heavy atom. The maximum absolute atomic E-state index is 12.2. The molecule has 0 heterocycles. The van der Waals surface area contributed by atoms with E-state index >= 15 is 0 Å². The topological polar surface area (TPSA) is 72.2 Å². The highest BCUT2D eigenvalue weighted by Gasteiger charge is 2.27. The van der Waals surface area contributed by atoms with Gasteiger partial charge in [0.1, 0.15) is 0 Å². The molecule has 1 aliphatic carbocycles. The number of sulfonamides is 1. The fourth-order valence-corrected chi connectivity index (χ4v) is 3.97. The first kappa shape index (κ1) is 17.7. The van der Waals surface area contributed by atoms with Gasteiger partial charge >= 0.3 is 0 Å². The summed E-state index contributed by atoms with van der Waals surface area (Å²) < 4.78 is 27.2. The van der Waals surface area contributed by atoms with E-state index in [0.717, 1.165) is 40.8 Å². The minimum Gasteiger partial charge on any atom is -0.399 e. The lowest BCUT2D eigenvalue weighted by molar-refractivity contribution is 0.561. The summed E-state index contributed by atoms with van der Waals surface area (Å²) in [5, 5.41) is -0.430. The van der Waals surface area contributed by atoms with Crippen LogP contribution in [0.3, 0.4) is 0 Å². The van der Waals surface area contributed by atoms with Gasteiger partial charge in [0.25, 0.3) is 0 Å². The first-order valence-electron chi connectivity index (χ1n) is 8.54. The third-order valence-electron chi connectivity index (χ3n) is 4.56. The summed E-state index contributed by atoms with van der Waals surface area (Å²) in [6, 6.07) is 15.8. The minimum absolute atomic E-state index is 0.148. The van der Waals surface area contributed by atoms with Crippen molar-refractivity contribution >= 4 is 21.3 Å². The standard InChI is InChI=1S/C20H24N2O2S/c1-14(2)25(23,24)22-20-8-4-7-19(20)16-11-9-15(10-12-16)17-5-3-6-18(21)13-17/h3,5-7,9-14,20,22H,4,8,21H2,1-2H3. The van der Waals surface area contributed by atoms with Gasteiger partial charge in [-0.25, -0.2) is 13.1 Å². The second-order valence-corrected chi connectivity index (χ2v) is 8.97. The molecule has 0 aromatic heterocycles. The fourth-order valence-electron chi connectivity index (χ4n) is 3.05. The number of nitrogens with two attached hydrogens (primary N) is 1. The summed E-state index contributed by atoms with van der Waals surface area (Å²) in [6.07, 6.45) is 3.82. The molecule has 132 valence electrons. The molecular formula is C20H24N2O2S. The van der Waals surface area contributed by atoms with Crippen molar-refractivity contribution in [1.82, 2.24) is 4.72 Å². The molecule has 1 atom stereocenters. The summed E-state index contributed by atoms with van der Waals surface area (Å²) in [4.78, 5) is 0. The van der Waals surface area contributed by atoms with Crippen LogP contribution in [0, 0.1) is 0 Å². The van der Waals surface area contributed by atoms with Crippen LogP contribution in [-0.2, 0) is 10.0 Å². The van der Waals surface area contributed by atoms with E-state index in [-0.39, 0.29) is 6.04 Å². The van der Waals surface area contributed by atoms with Crippen LogP contribution in [0.2, 0.25) is 0 Å². The summed E-state index contributed by atoms with van der Waals surface area (Å²) in [7, 11) is -3.28. The van der Waals surface area contributed by atoms with Crippen LogP contribution in [0.1, 0.15) is 32.3 Å². The molecule has 1 unspecified atom stereocenters. The van der Waals surface area contributed by atoms with Crippen LogP contribution in [0.15, 0.2) is 54.6 Å². The Labute approximate surface area is 149 Å². The lowest BCUT2D eigenvalue weighted by atomic mass is 9.98. The van der Waals surface area contributed by atoms with Crippen molar-refractivity contribution in [2.45, 2.75) is 38.0 Å². The zero-order valence-electron chi connectivity index (χ0n) is 14.6. The normalized spacial score (nSPS) is 17.7. The van der Waals surface area contributed by atoms with Gasteiger partial charge in [-0.2, -0.15) is 0 Å². The summed E-state index contributed by atoms with van der Waals surface area (Å²) >= 11 is 0. The number of nitrogen functional groups attached to an aromatic ring is 1. The molecule has 4 nitrogen and oxygen atoms in total. The van der Waals surface area contributed by atoms with E-state index in [1.165, 1.54) is 0 Å². The molecule has 0 saturated heterocycles. The maximum atomic E-state index is 12.2. The van der Waals surface area contributed by atoms with Gasteiger partial charge in [0.2, 0.25) is 10.0 Å². The number of nitrogens with one attached hydrogen (secondary N) is 1. The second kappa shape index (κ2) is 7.02. The van der Waals surface area contributed by atoms with Crippen molar-refractivity contribution in [1.29, 1.82) is 0 Å². The maximum Gasteiger partial charge on any atom is 0.214 e. The highest BCUT2D eigenvalue weighted by molar-refractivity contribution is 7.90. The van der Waals surface area contributed by atoms with Crippen LogP contribution in [0.5, 0.6) is 0 Å². The van der Waals surface area contributed by atoms with Gasteiger partial charge in [-0.15, -0.1) is 0 Å². The van der Waals surface area contributed by atoms with Gasteiger partial charge < -0.3 is 5.73 Å². The third-order valence-corrected chi connectivity index (χ3v) is 6.41. The van der Waals surface area contributed by atoms with E-state index < -0.39 is 15.3 Å². The van der Waals surface area contributed by atoms with Gasteiger partial charge in [-0.05, 0) is 61.1 Å². The van der Waals surface area contributed by atoms with Crippen molar-refractivity contribution in [3.63, 3.8) is 0 Å². The van der Waals surface area contributed by atoms with Gasteiger partial charge in [0.15, 0.2) is 0 Å². The van der Waals surface area contributed by atoms with E-state index in [4.69, 9.17) is 5.73 Å². The predicted octanol–water partition coefficient (Wildman–Crippen LogP) is 3.81. The lowest BCUT2D eigenvalue weighted by Gasteiger charge is -2.19. The molecule has 0 saturated carbocycles. The van der Waals surface area contributed by atoms with Crippen molar-refractivity contribution in [2.75, 3.05) is 5.73 Å². The molecule has 0 fully saturated rings. The largest absolute Gasteiger partial charge is 0.399 e. The zero-order chi connectivity index (χ0) is 18.0. The SMILES string of the molecule is CC(C)S(=O)(=O)NC1CCC=C1c1ccc(-c2cccc(N)c2)cc1. The molecule has 2 aromatic rings. The number of rotatable bonds is 5. The quantitative estimate of drug-likeness (QED) is 0.800. The van der Waals surface area contributed by atoms with Crippen molar-refractivity contribution in [2.24, 2.45) is 0 Å². The Balaban J connectivity index is 1.82. The van der Waals surface area contributed by atoms with Gasteiger partial charge in [-0.3, -0.25) is 0 Å². The summed E-state index contributed by atoms with van der Waals surface area (Å²) in [5.41, 5.74) is 10.9. The monoisotopic (exact) mass is 356 g/mol. The van der Waals surface area contributed by atoms with E-state index in [9.17, 15) is 8.42 Å². The molecule has 0 bridgehead atoms. The molecule has 5 heteroatoms. The molecule has 0 spiro atoms. The molecule has 25 heavy (non-hydrogen) atoms. The number of anilines is 1. The Morgan fingerprint density at radius 3 is 2.36 bits per heavy atom. The van der Waals surface area contributed by atoms with Crippen LogP contribution < -0.4 is 10.5 Å². The highest BCUT2D eigenvalue weighted by atomic mass is 32.2. The first-order chi connectivity index (χ1) is 11.9. The second-order valence-electron chi connectivity index (χ2n) is 6.70. The molecule has 0 amide bonds. The predicted molar refractivity (Wildman–Crippen MR) is 104 cm³/mol. The molecule has 0 radical (unpaired) electrons. The Bertz CT molecular complexity index is 884. The van der Waals surface area contributed by atoms with Crippen LogP contribution in [0.25, 0.3) is 16.7 Å². The van der Waals surface area contributed by atoms with Crippen LogP contribution in [0.4, 0.5) is 5.69 Å². The highest BCUT2D eigenvalue weighted by Crippen LogP contribution is 2.31. The molecule has 1 aliphatic rings. The molecule has 0 aliphatic heterocycles. The van der Waals surface area contributed by atoms with Crippen molar-refractivity contribution in [3.8, 4) is 11.1 Å². The average molecular weight is 356 g/mol. The fraction of sp³-hybridized carbons (Fsp3) is 0.300. The van der Waals surface area contributed by atoms with Crippen molar-refractivity contribution in [3.05, 3.63) is 60.2 Å². The Morgan fingerprint density at radius 2 is 1.72 bits per heavy atom. The van der Waals surface area contributed by atoms with Crippen LogP contribution in [-0.4, -0.2) is 19.7 Å². The Hall–Kier alpha value is -2.11. The van der Waals surface area contributed by atoms with Gasteiger partial charge in [0, 0.05) is 11.7 Å². The number of hydrogen-bond donors (Lipinski definition) is 2. The first-order valence-corrected chi connectivity index (χ1v) is 10.1. The average Bonchev–Trinajstić information content (AvgIpc) is 3.02. The molecule has 3 N–H and O–H groups in total. The smallest absolute Gasteiger partial charge is 0.214 e. The minimum atomic E-state index is -3.28. The molecule has 3 rings (SSSR count). The number of benzene rings is 2. The summed E-state index contributed by atoms with van der Waals surface area (Å²) in [6.45, 7) is 3.39. The van der Waals surface area contributed by atoms with E-state index in [2.05, 4.69) is 22.9 Å². The van der Waals surface area contributed by atoms with Crippen LogP contribution >= 0.6 is 0 Å². The lowest BCUT2D eigenvalue weighted by Crippen LogP contribution is -2.38. The summed E-state index contributed by atoms with van der Waals surface area (Å²) in [5.74, 6) is 0. The van der Waals surface area contributed by atoms with E-state index in [1.807, 2.05) is 36.4 Å². The van der Waals surface area contributed by atoms with E-state index in [1.54, 1.807) is 13.8 Å². The van der Waals surface area contributed by atoms with Gasteiger partial charge in [0.05, 0.1) is 5.25 Å². The van der Waals surface area contributed by atoms with Gasteiger partial charge in [-0.1, -0.05) is 42.5 Å². The molecular weight excluding hydrogens is 332 g/mol. The Kier molecular flexibility index (Phi) is 4.97. The van der Waals surface area contributed by atoms with Crippen molar-refractivity contribution < 1.29 is 8.42 Å². The molecule has 2 aromatic carbocycles. The number of hydrogen-bond acceptors (Lipinski definition) is 3. The zero-order valence-corrected chi connectivity index (χ0v) is 15.4. The van der Waals surface area contributed by atoms with E-state index in [0.29, 0.717) is 0 Å². The number of allylic oxidation sites excluding steroid dienone is 1. The third kappa shape index (κ3) is 3.94.